The molecule has 1 atom stereocenters. The number of benzene rings is 2. The predicted octanol–water partition coefficient (Wildman–Crippen LogP) is 4.78. The van der Waals surface area contributed by atoms with Crippen LogP contribution in [0.5, 0.6) is 0 Å². The Morgan fingerprint density at radius 1 is 1.28 bits per heavy atom. The fraction of sp³-hybridized carbons (Fsp3) is 0.316. The van der Waals surface area contributed by atoms with Gasteiger partial charge in [0.2, 0.25) is 5.91 Å². The van der Waals surface area contributed by atoms with Crippen LogP contribution in [0.1, 0.15) is 31.4 Å². The molecule has 1 saturated carbocycles. The molecule has 2 aromatic rings. The molecule has 0 aromatic heterocycles. The van der Waals surface area contributed by atoms with Crippen molar-refractivity contribution in [2.24, 2.45) is 0 Å². The molecule has 1 aliphatic rings. The lowest BCUT2D eigenvalue weighted by molar-refractivity contribution is -0.118. The van der Waals surface area contributed by atoms with E-state index in [9.17, 15) is 13.6 Å². The number of halogens is 3. The Labute approximate surface area is 150 Å². The lowest BCUT2D eigenvalue weighted by atomic mass is 10.1. The molecule has 1 amide bonds. The largest absolute Gasteiger partial charge is 0.322 e. The van der Waals surface area contributed by atoms with Gasteiger partial charge in [-0.1, -0.05) is 29.8 Å². The third-order valence-electron chi connectivity index (χ3n) is 4.40. The molecule has 1 aliphatic carbocycles. The van der Waals surface area contributed by atoms with Crippen LogP contribution in [-0.4, -0.2) is 23.4 Å². The zero-order valence-electron chi connectivity index (χ0n) is 13.8. The van der Waals surface area contributed by atoms with E-state index in [4.69, 9.17) is 11.6 Å². The summed E-state index contributed by atoms with van der Waals surface area (Å²) in [6.45, 7) is 2.12. The fourth-order valence-corrected chi connectivity index (χ4v) is 3.22. The van der Waals surface area contributed by atoms with Crippen LogP contribution in [0, 0.1) is 11.6 Å². The summed E-state index contributed by atoms with van der Waals surface area (Å²) in [5.74, 6) is -1.80. The van der Waals surface area contributed by atoms with Crippen molar-refractivity contribution in [2.75, 3.05) is 11.9 Å². The molecule has 25 heavy (non-hydrogen) atoms. The van der Waals surface area contributed by atoms with Gasteiger partial charge in [-0.05, 0) is 43.5 Å². The number of carbonyl (C=O) groups excluding carboxylic acids is 1. The second-order valence-electron chi connectivity index (χ2n) is 6.27. The SMILES string of the molecule is CC(c1ccccc1Cl)N(CC(=O)Nc1ccc(F)cc1F)C1CC1. The quantitative estimate of drug-likeness (QED) is 0.799. The number of amides is 1. The Bertz CT molecular complexity index is 780. The van der Waals surface area contributed by atoms with Crippen molar-refractivity contribution in [3.8, 4) is 0 Å². The van der Waals surface area contributed by atoms with Crippen LogP contribution < -0.4 is 5.32 Å². The Hall–Kier alpha value is -1.98. The van der Waals surface area contributed by atoms with E-state index in [2.05, 4.69) is 10.2 Å². The van der Waals surface area contributed by atoms with Crippen molar-refractivity contribution in [1.29, 1.82) is 0 Å². The zero-order chi connectivity index (χ0) is 18.0. The molecular formula is C19H19ClF2N2O. The Kier molecular flexibility index (Phi) is 5.35. The molecule has 0 radical (unpaired) electrons. The number of nitrogens with zero attached hydrogens (tertiary/aromatic N) is 1. The Morgan fingerprint density at radius 3 is 2.64 bits per heavy atom. The molecule has 0 bridgehead atoms. The van der Waals surface area contributed by atoms with Gasteiger partial charge in [-0.15, -0.1) is 0 Å². The number of rotatable bonds is 6. The van der Waals surface area contributed by atoms with E-state index < -0.39 is 11.6 Å². The number of nitrogens with one attached hydrogen (secondary N) is 1. The topological polar surface area (TPSA) is 32.3 Å². The summed E-state index contributed by atoms with van der Waals surface area (Å²) in [4.78, 5) is 14.4. The van der Waals surface area contributed by atoms with Crippen molar-refractivity contribution < 1.29 is 13.6 Å². The van der Waals surface area contributed by atoms with Gasteiger partial charge >= 0.3 is 0 Å². The minimum absolute atomic E-state index is 0.0208. The third kappa shape index (κ3) is 4.35. The summed E-state index contributed by atoms with van der Waals surface area (Å²) >= 11 is 6.28. The molecule has 2 aromatic carbocycles. The van der Waals surface area contributed by atoms with Gasteiger partial charge < -0.3 is 5.32 Å². The first-order valence-electron chi connectivity index (χ1n) is 8.21. The molecule has 0 heterocycles. The normalized spacial score (nSPS) is 15.2. The zero-order valence-corrected chi connectivity index (χ0v) is 14.6. The van der Waals surface area contributed by atoms with Crippen LogP contribution in [0.2, 0.25) is 5.02 Å². The summed E-state index contributed by atoms with van der Waals surface area (Å²) in [5, 5.41) is 3.17. The van der Waals surface area contributed by atoms with Gasteiger partial charge in [0, 0.05) is 23.2 Å². The fourth-order valence-electron chi connectivity index (χ4n) is 2.93. The van der Waals surface area contributed by atoms with E-state index in [1.165, 1.54) is 6.07 Å². The lowest BCUT2D eigenvalue weighted by Gasteiger charge is -2.29. The van der Waals surface area contributed by atoms with Gasteiger partial charge in [0.1, 0.15) is 11.6 Å². The molecule has 1 fully saturated rings. The summed E-state index contributed by atoms with van der Waals surface area (Å²) in [6, 6.07) is 10.9. The number of hydrogen-bond donors (Lipinski definition) is 1. The molecule has 132 valence electrons. The van der Waals surface area contributed by atoms with Gasteiger partial charge in [0.15, 0.2) is 0 Å². The summed E-state index contributed by atoms with van der Waals surface area (Å²) in [5.41, 5.74) is 0.935. The first-order chi connectivity index (χ1) is 12.0. The van der Waals surface area contributed by atoms with E-state index >= 15 is 0 Å². The monoisotopic (exact) mass is 364 g/mol. The van der Waals surface area contributed by atoms with Crippen LogP contribution in [0.25, 0.3) is 0 Å². The van der Waals surface area contributed by atoms with E-state index in [1.807, 2.05) is 31.2 Å². The minimum atomic E-state index is -0.787. The Morgan fingerprint density at radius 2 is 2.00 bits per heavy atom. The first-order valence-corrected chi connectivity index (χ1v) is 8.58. The first kappa shape index (κ1) is 17.8. The molecule has 0 aliphatic heterocycles. The summed E-state index contributed by atoms with van der Waals surface area (Å²) in [6.07, 6.45) is 2.04. The molecule has 1 N–H and O–H groups in total. The highest BCUT2D eigenvalue weighted by molar-refractivity contribution is 6.31. The van der Waals surface area contributed by atoms with Crippen molar-refractivity contribution in [1.82, 2.24) is 4.90 Å². The van der Waals surface area contributed by atoms with Crippen molar-refractivity contribution in [2.45, 2.75) is 31.8 Å². The summed E-state index contributed by atoms with van der Waals surface area (Å²) in [7, 11) is 0. The highest BCUT2D eigenvalue weighted by Gasteiger charge is 2.34. The maximum Gasteiger partial charge on any atom is 0.238 e. The van der Waals surface area contributed by atoms with E-state index in [0.717, 1.165) is 30.5 Å². The van der Waals surface area contributed by atoms with Gasteiger partial charge in [0.25, 0.3) is 0 Å². The molecule has 0 saturated heterocycles. The van der Waals surface area contributed by atoms with Crippen LogP contribution >= 0.6 is 11.6 Å². The van der Waals surface area contributed by atoms with Gasteiger partial charge in [-0.3, -0.25) is 9.69 Å². The maximum atomic E-state index is 13.7. The van der Waals surface area contributed by atoms with Crippen LogP contribution in [0.15, 0.2) is 42.5 Å². The van der Waals surface area contributed by atoms with Crippen molar-refractivity contribution >= 4 is 23.2 Å². The predicted molar refractivity (Wildman–Crippen MR) is 94.6 cm³/mol. The van der Waals surface area contributed by atoms with Crippen LogP contribution in [0.3, 0.4) is 0 Å². The second kappa shape index (κ2) is 7.50. The Balaban J connectivity index is 1.71. The number of anilines is 1. The summed E-state index contributed by atoms with van der Waals surface area (Å²) < 4.78 is 26.7. The second-order valence-corrected chi connectivity index (χ2v) is 6.68. The molecule has 1 unspecified atom stereocenters. The maximum absolute atomic E-state index is 13.7. The number of hydrogen-bond acceptors (Lipinski definition) is 2. The van der Waals surface area contributed by atoms with Gasteiger partial charge in [-0.25, -0.2) is 8.78 Å². The minimum Gasteiger partial charge on any atom is -0.322 e. The van der Waals surface area contributed by atoms with E-state index in [0.29, 0.717) is 11.1 Å². The third-order valence-corrected chi connectivity index (χ3v) is 4.74. The lowest BCUT2D eigenvalue weighted by Crippen LogP contribution is -2.37. The molecule has 0 spiro atoms. The average Bonchev–Trinajstić information content (AvgIpc) is 3.40. The molecule has 3 nitrogen and oxygen atoms in total. The smallest absolute Gasteiger partial charge is 0.238 e. The van der Waals surface area contributed by atoms with E-state index in [-0.39, 0.29) is 24.2 Å². The average molecular weight is 365 g/mol. The van der Waals surface area contributed by atoms with Crippen molar-refractivity contribution in [3.05, 3.63) is 64.7 Å². The highest BCUT2D eigenvalue weighted by atomic mass is 35.5. The number of carbonyl (C=O) groups is 1. The highest BCUT2D eigenvalue weighted by Crippen LogP contribution is 2.36. The molecule has 3 rings (SSSR count). The van der Waals surface area contributed by atoms with E-state index in [1.54, 1.807) is 0 Å². The van der Waals surface area contributed by atoms with Gasteiger partial charge in [0.05, 0.1) is 12.2 Å². The van der Waals surface area contributed by atoms with Crippen LogP contribution in [0.4, 0.5) is 14.5 Å². The van der Waals surface area contributed by atoms with Gasteiger partial charge in [-0.2, -0.15) is 0 Å². The van der Waals surface area contributed by atoms with Crippen LogP contribution in [-0.2, 0) is 4.79 Å². The molecular weight excluding hydrogens is 346 g/mol. The van der Waals surface area contributed by atoms with Crippen molar-refractivity contribution in [3.63, 3.8) is 0 Å². The standard InChI is InChI=1S/C19H19ClF2N2O/c1-12(15-4-2-3-5-16(15)20)24(14-7-8-14)11-19(25)23-18-9-6-13(21)10-17(18)22/h2-6,9-10,12,14H,7-8,11H2,1H3,(H,23,25). The molecule has 6 heteroatoms.